The third kappa shape index (κ3) is 15.5. The predicted octanol–water partition coefficient (Wildman–Crippen LogP) is 9.19. The molecule has 4 aromatic carbocycles. The van der Waals surface area contributed by atoms with Crippen molar-refractivity contribution in [1.29, 1.82) is 5.41 Å². The molecule has 0 radical (unpaired) electrons. The van der Waals surface area contributed by atoms with E-state index in [0.717, 1.165) is 63.4 Å². The fourth-order valence-electron chi connectivity index (χ4n) is 14.1. The Balaban J connectivity index is 0.000000468. The van der Waals surface area contributed by atoms with Crippen molar-refractivity contribution in [1.82, 2.24) is 40.0 Å². The molecule has 1 unspecified atom stereocenters. The monoisotopic (exact) mass is 1250 g/mol. The molecule has 12 rings (SSSR count). The summed E-state index contributed by atoms with van der Waals surface area (Å²) in [6.45, 7) is 14.8. The van der Waals surface area contributed by atoms with Crippen LogP contribution >= 0.6 is 0 Å². The molecule has 6 amide bonds. The minimum atomic E-state index is -0.738. The van der Waals surface area contributed by atoms with Gasteiger partial charge in [0.05, 0.1) is 46.4 Å². The number of primary amides is 1. The first-order chi connectivity index (χ1) is 43.9. The molecule has 5 aromatic rings. The number of piperidine rings is 3. The van der Waals surface area contributed by atoms with Gasteiger partial charge in [-0.25, -0.2) is 13.9 Å². The zero-order valence-corrected chi connectivity index (χ0v) is 52.9. The summed E-state index contributed by atoms with van der Waals surface area (Å²) in [4.78, 5) is 101. The Morgan fingerprint density at radius 2 is 1.31 bits per heavy atom. The van der Waals surface area contributed by atoms with E-state index in [9.17, 15) is 33.6 Å². The summed E-state index contributed by atoms with van der Waals surface area (Å²) in [5.41, 5.74) is 8.84. The highest BCUT2D eigenvalue weighted by Gasteiger charge is 2.75. The van der Waals surface area contributed by atoms with Crippen LogP contribution in [0.1, 0.15) is 170 Å². The molecule has 5 N–H and O–H groups in total. The lowest BCUT2D eigenvalue weighted by molar-refractivity contribution is -0.140. The number of piperazine rings is 1. The van der Waals surface area contributed by atoms with Gasteiger partial charge in [-0.1, -0.05) is 99.9 Å². The van der Waals surface area contributed by atoms with Crippen molar-refractivity contribution in [2.75, 3.05) is 72.0 Å². The predicted molar refractivity (Wildman–Crippen MR) is 345 cm³/mol. The van der Waals surface area contributed by atoms with Gasteiger partial charge in [0.25, 0.3) is 17.4 Å². The van der Waals surface area contributed by atoms with Crippen LogP contribution in [-0.4, -0.2) is 166 Å². The molecule has 484 valence electrons. The van der Waals surface area contributed by atoms with Gasteiger partial charge >= 0.3 is 0 Å². The Hall–Kier alpha value is -7.97. The number of aromatic amines is 1. The van der Waals surface area contributed by atoms with Crippen molar-refractivity contribution in [2.24, 2.45) is 23.0 Å². The van der Waals surface area contributed by atoms with E-state index < -0.39 is 35.4 Å². The number of nitrogens with zero attached hydrogens (tertiary/aromatic N) is 6. The van der Waals surface area contributed by atoms with Crippen LogP contribution in [0.25, 0.3) is 10.8 Å². The standard InChI is InChI=1S/C57H68F2N8O7.C12H14N2O.C2H6/c58-47-14-13-36(32-48-43-9-4-5-10-44(43)53(70)62-61-48)31-46(47)54(71)66-29-27-64(28-30-66)49(68)35-63-21-17-40(18-22-63)74-41-19-25-65(26-20-41)55(72)51(38-7-2-1-3-8-38)60-52(69)45-12-6-11-42(50(45)59)37-15-23-67(24-16-37)56(73)57-33-39(57)34-57;1-8(2)7-11(13)9-5-3-4-6-10(9)12(14)15;1-2/h4-6,9-14,31,37-41,51H,1-3,7-8,15-30,32-35H2,(H,60,69)(H,62,70);3-6,13H,1,7H2,2H3,(H2,14,15);1-2H3. The number of ether oxygens (including phenoxy) is 1. The third-order valence-corrected chi connectivity index (χ3v) is 19.6. The van der Waals surface area contributed by atoms with Crippen LogP contribution in [0.15, 0.2) is 102 Å². The van der Waals surface area contributed by atoms with Crippen LogP contribution in [0.3, 0.4) is 0 Å². The van der Waals surface area contributed by atoms with Crippen LogP contribution in [0.2, 0.25) is 0 Å². The fraction of sp³-hybridized carbons (Fsp3) is 0.507. The highest BCUT2D eigenvalue weighted by molar-refractivity contribution is 6.09. The van der Waals surface area contributed by atoms with Crippen molar-refractivity contribution < 1.29 is 42.3 Å². The molecule has 7 fully saturated rings. The van der Waals surface area contributed by atoms with E-state index >= 15 is 8.78 Å². The normalized spacial score (nSPS) is 20.9. The third-order valence-electron chi connectivity index (χ3n) is 19.6. The number of likely N-dealkylation sites (tertiary alicyclic amines) is 3. The average Bonchev–Trinajstić information content (AvgIpc) is 1.50. The molecular formula is C71H88F2N10O8. The largest absolute Gasteiger partial charge is 0.375 e. The Morgan fingerprint density at radius 1 is 0.714 bits per heavy atom. The number of amides is 6. The Kier molecular flexibility index (Phi) is 21.4. The number of carbonyl (C=O) groups is 6. The number of halogens is 2. The number of hydrogen-bond acceptors (Lipinski definition) is 11. The van der Waals surface area contributed by atoms with Gasteiger partial charge in [0, 0.05) is 101 Å². The topological polar surface area (TPSA) is 235 Å². The number of benzene rings is 4. The van der Waals surface area contributed by atoms with Crippen LogP contribution in [0.4, 0.5) is 8.78 Å². The number of hydrogen-bond donors (Lipinski definition) is 4. The molecule has 0 bridgehead atoms. The number of aromatic nitrogens is 2. The summed E-state index contributed by atoms with van der Waals surface area (Å²) < 4.78 is 38.0. The van der Waals surface area contributed by atoms with E-state index in [1.165, 1.54) is 12.1 Å². The minimum absolute atomic E-state index is 0.00560. The summed E-state index contributed by atoms with van der Waals surface area (Å²) >= 11 is 0. The maximum Gasteiger partial charge on any atom is 0.272 e. The van der Waals surface area contributed by atoms with Gasteiger partial charge in [0.1, 0.15) is 17.7 Å². The van der Waals surface area contributed by atoms with Crippen molar-refractivity contribution in [3.05, 3.63) is 158 Å². The summed E-state index contributed by atoms with van der Waals surface area (Å²) in [6, 6.07) is 22.7. The molecule has 4 aliphatic heterocycles. The molecule has 5 heterocycles. The number of allylic oxidation sites excluding steroid dienone is 1. The van der Waals surface area contributed by atoms with Gasteiger partial charge in [0.2, 0.25) is 23.6 Å². The molecule has 20 heteroatoms. The van der Waals surface area contributed by atoms with E-state index in [0.29, 0.717) is 141 Å². The molecule has 3 saturated carbocycles. The molecule has 91 heavy (non-hydrogen) atoms. The van der Waals surface area contributed by atoms with Crippen molar-refractivity contribution in [3.8, 4) is 0 Å². The first kappa shape index (κ1) is 66.0. The van der Waals surface area contributed by atoms with Crippen LogP contribution in [-0.2, 0) is 25.5 Å². The molecule has 3 aliphatic carbocycles. The molecule has 0 spiro atoms. The number of nitrogens with one attached hydrogen (secondary N) is 3. The highest BCUT2D eigenvalue weighted by Crippen LogP contribution is 2.76. The molecule has 1 aromatic heterocycles. The maximum atomic E-state index is 16.3. The molecule has 1 atom stereocenters. The van der Waals surface area contributed by atoms with Crippen molar-refractivity contribution >= 4 is 51.9 Å². The zero-order chi connectivity index (χ0) is 64.5. The number of H-pyrrole nitrogens is 1. The number of fused-ring (bicyclic) bond motifs is 2. The lowest BCUT2D eigenvalue weighted by Crippen LogP contribution is -2.55. The summed E-state index contributed by atoms with van der Waals surface area (Å²) in [7, 11) is 0. The van der Waals surface area contributed by atoms with Gasteiger partial charge < -0.3 is 40.8 Å². The summed E-state index contributed by atoms with van der Waals surface area (Å²) in [6.07, 6.45) is 11.8. The van der Waals surface area contributed by atoms with E-state index in [1.807, 2.05) is 42.7 Å². The van der Waals surface area contributed by atoms with Crippen molar-refractivity contribution in [2.45, 2.75) is 141 Å². The average molecular weight is 1250 g/mol. The second-order valence-corrected chi connectivity index (χ2v) is 25.8. The first-order valence-corrected chi connectivity index (χ1v) is 32.9. The lowest BCUT2D eigenvalue weighted by atomic mass is 9.82. The van der Waals surface area contributed by atoms with E-state index in [4.69, 9.17) is 15.9 Å². The Morgan fingerprint density at radius 3 is 1.95 bits per heavy atom. The minimum Gasteiger partial charge on any atom is -0.375 e. The molecule has 4 saturated heterocycles. The number of rotatable bonds is 17. The van der Waals surface area contributed by atoms with Gasteiger partial charge in [-0.2, -0.15) is 5.10 Å². The number of carbonyl (C=O) groups excluding carboxylic acids is 6. The van der Waals surface area contributed by atoms with E-state index in [2.05, 4.69) is 27.0 Å². The number of nitrogens with two attached hydrogens (primary N) is 1. The van der Waals surface area contributed by atoms with Crippen LogP contribution in [0, 0.1) is 34.3 Å². The van der Waals surface area contributed by atoms with Crippen LogP contribution < -0.4 is 16.6 Å². The Labute approximate surface area is 531 Å². The van der Waals surface area contributed by atoms with E-state index in [-0.39, 0.29) is 83.5 Å². The smallest absolute Gasteiger partial charge is 0.272 e. The van der Waals surface area contributed by atoms with Gasteiger partial charge in [-0.3, -0.25) is 38.5 Å². The molecule has 7 aliphatic rings. The highest BCUT2D eigenvalue weighted by atomic mass is 19.1. The maximum absolute atomic E-state index is 16.3. The first-order valence-electron chi connectivity index (χ1n) is 32.9. The molecular weight excluding hydrogens is 1160 g/mol. The lowest BCUT2D eigenvalue weighted by Gasteiger charge is -2.40. The zero-order valence-electron chi connectivity index (χ0n) is 52.9. The van der Waals surface area contributed by atoms with Crippen molar-refractivity contribution in [3.63, 3.8) is 0 Å². The quantitative estimate of drug-likeness (QED) is 0.0509. The van der Waals surface area contributed by atoms with Gasteiger partial charge in [0.15, 0.2) is 0 Å². The summed E-state index contributed by atoms with van der Waals surface area (Å²) in [5.74, 6) is -2.00. The Bertz CT molecular complexity index is 3570. The molecule has 18 nitrogen and oxygen atoms in total. The van der Waals surface area contributed by atoms with Gasteiger partial charge in [-0.15, -0.1) is 0 Å². The van der Waals surface area contributed by atoms with Gasteiger partial charge in [-0.05, 0) is 130 Å². The SMILES string of the molecule is C=C(C)CC(=N)c1ccccc1C(N)=O.CC.O=C(NC(C(=O)N1CCC(OC2CCN(CC(=O)N3CCN(C(=O)c4cc(Cc5n[nH]c(=O)c6ccccc56)ccc4F)CC3)CC2)CC1)C1CCCCC1)c1cccc(C2CCN(C(=O)C34CC3C4)CC2)c1F. The van der Waals surface area contributed by atoms with Crippen LogP contribution in [0.5, 0.6) is 0 Å². The fourth-order valence-corrected chi connectivity index (χ4v) is 14.1. The second kappa shape index (κ2) is 29.5. The van der Waals surface area contributed by atoms with E-state index in [1.54, 1.807) is 70.5 Å². The summed E-state index contributed by atoms with van der Waals surface area (Å²) in [5, 5.41) is 18.8. The second-order valence-electron chi connectivity index (χ2n) is 25.8.